The smallest absolute Gasteiger partial charge is 0.172 e. The summed E-state index contributed by atoms with van der Waals surface area (Å²) >= 11 is 0. The van der Waals surface area contributed by atoms with E-state index >= 15 is 0 Å². The molecule has 0 rings (SSSR count). The van der Waals surface area contributed by atoms with Crippen molar-refractivity contribution in [3.63, 3.8) is 0 Å². The molecule has 0 aromatic rings. The Kier molecular flexibility index (Phi) is 6.17. The number of nitrogens with zero attached hydrogens (tertiary/aromatic N) is 4. The number of hydrogen-bond donors (Lipinski definition) is 0. The van der Waals surface area contributed by atoms with Crippen molar-refractivity contribution < 1.29 is 4.84 Å². The second kappa shape index (κ2) is 6.71. The van der Waals surface area contributed by atoms with E-state index in [1.54, 1.807) is 20.8 Å². The van der Waals surface area contributed by atoms with Crippen molar-refractivity contribution >= 4 is 0 Å². The first-order valence-corrected chi connectivity index (χ1v) is 6.94. The molecule has 3 unspecified atom stereocenters. The standard InChI is InChI=1S/C15H24N4O/c1-7-13(4,10-16)19(14(5,8-2)11-17)20-15(6,9-3)12-18/h7-9H2,1-6H3. The van der Waals surface area contributed by atoms with Crippen molar-refractivity contribution in [3.05, 3.63) is 0 Å². The average Bonchev–Trinajstić information content (AvgIpc) is 2.50. The Morgan fingerprint density at radius 2 is 1.20 bits per heavy atom. The van der Waals surface area contributed by atoms with Crippen LogP contribution in [0, 0.1) is 34.0 Å². The molecule has 20 heavy (non-hydrogen) atoms. The molecule has 0 aliphatic carbocycles. The van der Waals surface area contributed by atoms with E-state index in [0.717, 1.165) is 0 Å². The van der Waals surface area contributed by atoms with Crippen LogP contribution in [0.4, 0.5) is 0 Å². The van der Waals surface area contributed by atoms with Crippen LogP contribution in [0.1, 0.15) is 60.8 Å². The van der Waals surface area contributed by atoms with Crippen LogP contribution in [0.15, 0.2) is 0 Å². The van der Waals surface area contributed by atoms with Gasteiger partial charge in [-0.3, -0.25) is 4.84 Å². The van der Waals surface area contributed by atoms with Crippen LogP contribution in [0.2, 0.25) is 0 Å². The summed E-state index contributed by atoms with van der Waals surface area (Å²) in [6.45, 7) is 10.7. The summed E-state index contributed by atoms with van der Waals surface area (Å²) in [5, 5.41) is 29.7. The topological polar surface area (TPSA) is 83.8 Å². The Balaban J connectivity index is 5.84. The molecule has 0 N–H and O–H groups in total. The average molecular weight is 276 g/mol. The second-order valence-electron chi connectivity index (χ2n) is 5.56. The first-order chi connectivity index (χ1) is 9.20. The molecule has 5 nitrogen and oxygen atoms in total. The van der Waals surface area contributed by atoms with Crippen molar-refractivity contribution in [2.24, 2.45) is 0 Å². The molecule has 0 heterocycles. The van der Waals surface area contributed by atoms with E-state index < -0.39 is 16.7 Å². The van der Waals surface area contributed by atoms with Crippen LogP contribution in [0.5, 0.6) is 0 Å². The highest BCUT2D eigenvalue weighted by atomic mass is 16.7. The number of rotatable bonds is 7. The van der Waals surface area contributed by atoms with E-state index in [1.165, 1.54) is 5.06 Å². The minimum absolute atomic E-state index is 0.469. The van der Waals surface area contributed by atoms with Crippen molar-refractivity contribution in [1.29, 1.82) is 15.8 Å². The van der Waals surface area contributed by atoms with Gasteiger partial charge in [0.15, 0.2) is 5.60 Å². The summed E-state index contributed by atoms with van der Waals surface area (Å²) in [5.41, 5.74) is -2.98. The summed E-state index contributed by atoms with van der Waals surface area (Å²) < 4.78 is 0. The minimum Gasteiger partial charge on any atom is -0.274 e. The molecule has 0 aliphatic heterocycles. The van der Waals surface area contributed by atoms with Crippen molar-refractivity contribution in [1.82, 2.24) is 5.06 Å². The molecule has 0 bridgehead atoms. The molecule has 0 aromatic heterocycles. The summed E-state index contributed by atoms with van der Waals surface area (Å²) in [4.78, 5) is 5.86. The summed E-state index contributed by atoms with van der Waals surface area (Å²) in [5.74, 6) is 0. The van der Waals surface area contributed by atoms with Gasteiger partial charge in [0.05, 0.1) is 18.2 Å². The van der Waals surface area contributed by atoms with Crippen LogP contribution >= 0.6 is 0 Å². The molecule has 0 saturated carbocycles. The van der Waals surface area contributed by atoms with Crippen molar-refractivity contribution in [2.45, 2.75) is 77.5 Å². The van der Waals surface area contributed by atoms with E-state index in [2.05, 4.69) is 18.2 Å². The number of hydrogen-bond acceptors (Lipinski definition) is 5. The van der Waals surface area contributed by atoms with E-state index in [0.29, 0.717) is 19.3 Å². The molecule has 0 aromatic carbocycles. The maximum absolute atomic E-state index is 9.49. The monoisotopic (exact) mass is 276 g/mol. The minimum atomic E-state index is -1.05. The lowest BCUT2D eigenvalue weighted by Crippen LogP contribution is -2.59. The van der Waals surface area contributed by atoms with Gasteiger partial charge in [-0.25, -0.2) is 0 Å². The Labute approximate surface area is 122 Å². The number of hydroxylamine groups is 2. The Hall–Kier alpha value is -1.61. The van der Waals surface area contributed by atoms with E-state index in [4.69, 9.17) is 4.84 Å². The van der Waals surface area contributed by atoms with Gasteiger partial charge < -0.3 is 0 Å². The van der Waals surface area contributed by atoms with Crippen LogP contribution in [-0.4, -0.2) is 21.7 Å². The molecule has 3 atom stereocenters. The Bertz CT molecular complexity index is 430. The predicted octanol–water partition coefficient (Wildman–Crippen LogP) is 3.30. The lowest BCUT2D eigenvalue weighted by atomic mass is 9.91. The largest absolute Gasteiger partial charge is 0.274 e. The third-order valence-electron chi connectivity index (χ3n) is 3.96. The third-order valence-corrected chi connectivity index (χ3v) is 3.96. The second-order valence-corrected chi connectivity index (χ2v) is 5.56. The lowest BCUT2D eigenvalue weighted by Gasteiger charge is -2.45. The molecule has 0 radical (unpaired) electrons. The number of nitriles is 3. The third kappa shape index (κ3) is 3.48. The van der Waals surface area contributed by atoms with E-state index in [1.807, 2.05) is 20.8 Å². The molecular formula is C15H24N4O. The molecule has 0 spiro atoms. The van der Waals surface area contributed by atoms with E-state index in [-0.39, 0.29) is 0 Å². The van der Waals surface area contributed by atoms with Gasteiger partial charge in [-0.05, 0) is 40.0 Å². The van der Waals surface area contributed by atoms with Gasteiger partial charge in [0.2, 0.25) is 0 Å². The fourth-order valence-electron chi connectivity index (χ4n) is 1.65. The first kappa shape index (κ1) is 18.4. The fourth-order valence-corrected chi connectivity index (χ4v) is 1.65. The van der Waals surface area contributed by atoms with Gasteiger partial charge in [-0.2, -0.15) is 15.8 Å². The zero-order valence-corrected chi connectivity index (χ0v) is 13.3. The van der Waals surface area contributed by atoms with Gasteiger partial charge >= 0.3 is 0 Å². The molecule has 110 valence electrons. The van der Waals surface area contributed by atoms with Crippen LogP contribution in [0.25, 0.3) is 0 Å². The van der Waals surface area contributed by atoms with Gasteiger partial charge in [-0.15, -0.1) is 5.06 Å². The molecule has 0 aliphatic rings. The molecule has 0 amide bonds. The highest BCUT2D eigenvalue weighted by Gasteiger charge is 2.47. The van der Waals surface area contributed by atoms with Crippen molar-refractivity contribution in [3.8, 4) is 18.2 Å². The predicted molar refractivity (Wildman–Crippen MR) is 75.9 cm³/mol. The fraction of sp³-hybridized carbons (Fsp3) is 0.800. The molecule has 0 fully saturated rings. The maximum Gasteiger partial charge on any atom is 0.172 e. The maximum atomic E-state index is 9.49. The quantitative estimate of drug-likeness (QED) is 0.666. The van der Waals surface area contributed by atoms with Crippen LogP contribution in [-0.2, 0) is 4.84 Å². The van der Waals surface area contributed by atoms with Crippen molar-refractivity contribution in [2.75, 3.05) is 0 Å². The lowest BCUT2D eigenvalue weighted by molar-refractivity contribution is -0.292. The molecule has 0 saturated heterocycles. The normalized spacial score (nSPS) is 19.8. The van der Waals surface area contributed by atoms with Gasteiger partial charge in [0.1, 0.15) is 11.1 Å². The Morgan fingerprint density at radius 1 is 0.800 bits per heavy atom. The zero-order chi connectivity index (χ0) is 16.0. The zero-order valence-electron chi connectivity index (χ0n) is 13.3. The summed E-state index contributed by atoms with van der Waals surface area (Å²) in [7, 11) is 0. The van der Waals surface area contributed by atoms with E-state index in [9.17, 15) is 15.8 Å². The first-order valence-electron chi connectivity index (χ1n) is 6.94. The van der Waals surface area contributed by atoms with Gasteiger partial charge in [0, 0.05) is 0 Å². The van der Waals surface area contributed by atoms with Crippen LogP contribution in [0.3, 0.4) is 0 Å². The summed E-state index contributed by atoms with van der Waals surface area (Å²) in [6, 6.07) is 6.54. The summed E-state index contributed by atoms with van der Waals surface area (Å²) in [6.07, 6.45) is 1.45. The van der Waals surface area contributed by atoms with Gasteiger partial charge in [0.25, 0.3) is 0 Å². The highest BCUT2D eigenvalue weighted by Crippen LogP contribution is 2.34. The molecule has 5 heteroatoms. The molecular weight excluding hydrogens is 252 g/mol. The van der Waals surface area contributed by atoms with Crippen LogP contribution < -0.4 is 0 Å². The highest BCUT2D eigenvalue weighted by molar-refractivity contribution is 5.14. The Morgan fingerprint density at radius 3 is 1.40 bits per heavy atom. The van der Waals surface area contributed by atoms with Gasteiger partial charge in [-0.1, -0.05) is 20.8 Å². The SMILES string of the molecule is CCC(C)(C#N)ON(C(C)(C#N)CC)C(C)(C#N)CC.